The molecule has 1 atom stereocenters. The highest BCUT2D eigenvalue weighted by Crippen LogP contribution is 2.27. The molecule has 0 spiro atoms. The molecule has 0 fully saturated rings. The summed E-state index contributed by atoms with van der Waals surface area (Å²) in [6, 6.07) is 6.01. The van der Waals surface area contributed by atoms with Crippen molar-refractivity contribution in [1.29, 1.82) is 0 Å². The second-order valence-corrected chi connectivity index (χ2v) is 6.38. The third kappa shape index (κ3) is 6.26. The Morgan fingerprint density at radius 1 is 1.39 bits per heavy atom. The van der Waals surface area contributed by atoms with Gasteiger partial charge in [-0.3, -0.25) is 15.4 Å². The summed E-state index contributed by atoms with van der Waals surface area (Å²) in [6.07, 6.45) is 2.85. The summed E-state index contributed by atoms with van der Waals surface area (Å²) in [5.41, 5.74) is -0.576. The SMILES string of the molecule is CCC(C)(CCCC(C)C)OC(=O)Nc1ccccc1[N+](=O)[O-]. The Labute approximate surface area is 137 Å². The number of benzene rings is 1. The van der Waals surface area contributed by atoms with E-state index in [1.807, 2.05) is 13.8 Å². The van der Waals surface area contributed by atoms with Crippen LogP contribution in [0.4, 0.5) is 16.2 Å². The van der Waals surface area contributed by atoms with Crippen molar-refractivity contribution in [2.45, 2.75) is 59.0 Å². The van der Waals surface area contributed by atoms with Gasteiger partial charge >= 0.3 is 6.09 Å². The number of nitrogens with zero attached hydrogens (tertiary/aromatic N) is 1. The molecule has 6 heteroatoms. The average molecular weight is 322 g/mol. The molecular weight excluding hydrogens is 296 g/mol. The predicted molar refractivity (Wildman–Crippen MR) is 90.6 cm³/mol. The number of carbonyl (C=O) groups is 1. The number of nitrogens with one attached hydrogen (secondary N) is 1. The lowest BCUT2D eigenvalue weighted by Gasteiger charge is -2.28. The second kappa shape index (κ2) is 8.50. The number of anilines is 1. The average Bonchev–Trinajstić information content (AvgIpc) is 2.46. The maximum Gasteiger partial charge on any atom is 0.412 e. The fourth-order valence-corrected chi connectivity index (χ4v) is 2.28. The molecule has 1 aromatic carbocycles. The minimum absolute atomic E-state index is 0.142. The molecule has 0 aliphatic rings. The summed E-state index contributed by atoms with van der Waals surface area (Å²) < 4.78 is 5.53. The highest BCUT2D eigenvalue weighted by Gasteiger charge is 2.27. The van der Waals surface area contributed by atoms with Crippen molar-refractivity contribution in [2.24, 2.45) is 5.92 Å². The largest absolute Gasteiger partial charge is 0.443 e. The van der Waals surface area contributed by atoms with E-state index in [9.17, 15) is 14.9 Å². The molecule has 23 heavy (non-hydrogen) atoms. The van der Waals surface area contributed by atoms with Crippen LogP contribution in [0, 0.1) is 16.0 Å². The van der Waals surface area contributed by atoms with Gasteiger partial charge in [-0.05, 0) is 38.2 Å². The van der Waals surface area contributed by atoms with Crippen LogP contribution in [-0.2, 0) is 4.74 Å². The zero-order chi connectivity index (χ0) is 17.5. The van der Waals surface area contributed by atoms with E-state index in [1.165, 1.54) is 12.1 Å². The number of hydrogen-bond acceptors (Lipinski definition) is 4. The summed E-state index contributed by atoms with van der Waals surface area (Å²) in [5, 5.41) is 13.4. The first-order valence-corrected chi connectivity index (χ1v) is 8.01. The van der Waals surface area contributed by atoms with E-state index >= 15 is 0 Å². The molecule has 0 bridgehead atoms. The highest BCUT2D eigenvalue weighted by molar-refractivity contribution is 5.88. The zero-order valence-electron chi connectivity index (χ0n) is 14.3. The molecule has 1 rings (SSSR count). The van der Waals surface area contributed by atoms with Crippen LogP contribution < -0.4 is 5.32 Å². The maximum absolute atomic E-state index is 12.1. The molecule has 0 heterocycles. The van der Waals surface area contributed by atoms with E-state index in [4.69, 9.17) is 4.74 Å². The first-order valence-electron chi connectivity index (χ1n) is 8.01. The molecule has 0 aliphatic carbocycles. The molecule has 1 amide bonds. The molecule has 1 N–H and O–H groups in total. The number of nitro benzene ring substituents is 1. The zero-order valence-corrected chi connectivity index (χ0v) is 14.3. The van der Waals surface area contributed by atoms with E-state index in [1.54, 1.807) is 12.1 Å². The molecule has 128 valence electrons. The third-order valence-electron chi connectivity index (χ3n) is 3.91. The van der Waals surface area contributed by atoms with Crippen LogP contribution in [0.2, 0.25) is 0 Å². The fraction of sp³-hybridized carbons (Fsp3) is 0.588. The van der Waals surface area contributed by atoms with Crippen molar-refractivity contribution in [3.8, 4) is 0 Å². The van der Waals surface area contributed by atoms with Gasteiger partial charge in [-0.1, -0.05) is 39.3 Å². The molecular formula is C17H26N2O4. The summed E-state index contributed by atoms with van der Waals surface area (Å²) in [4.78, 5) is 22.5. The van der Waals surface area contributed by atoms with Gasteiger partial charge in [-0.15, -0.1) is 0 Å². The van der Waals surface area contributed by atoms with Crippen LogP contribution in [0.5, 0.6) is 0 Å². The van der Waals surface area contributed by atoms with Gasteiger partial charge < -0.3 is 4.74 Å². The third-order valence-corrected chi connectivity index (χ3v) is 3.91. The van der Waals surface area contributed by atoms with Crippen LogP contribution in [0.15, 0.2) is 24.3 Å². The highest BCUT2D eigenvalue weighted by atomic mass is 16.6. The maximum atomic E-state index is 12.1. The van der Waals surface area contributed by atoms with Gasteiger partial charge in [0.25, 0.3) is 5.69 Å². The van der Waals surface area contributed by atoms with Crippen LogP contribution in [0.25, 0.3) is 0 Å². The number of hydrogen-bond donors (Lipinski definition) is 1. The van der Waals surface area contributed by atoms with Gasteiger partial charge in [-0.25, -0.2) is 4.79 Å². The van der Waals surface area contributed by atoms with Gasteiger partial charge in [0.05, 0.1) is 4.92 Å². The van der Waals surface area contributed by atoms with E-state index in [0.29, 0.717) is 12.3 Å². The van der Waals surface area contributed by atoms with Crippen molar-refractivity contribution in [3.63, 3.8) is 0 Å². The van der Waals surface area contributed by atoms with E-state index in [-0.39, 0.29) is 11.4 Å². The lowest BCUT2D eigenvalue weighted by atomic mass is 9.93. The number of nitro groups is 1. The standard InChI is InChI=1S/C17H26N2O4/c1-5-17(4,12-8-9-13(2)3)23-16(20)18-14-10-6-7-11-15(14)19(21)22/h6-7,10-11,13H,5,8-9,12H2,1-4H3,(H,18,20). The van der Waals surface area contributed by atoms with Crippen molar-refractivity contribution in [1.82, 2.24) is 0 Å². The summed E-state index contributed by atoms with van der Waals surface area (Å²) in [5.74, 6) is 0.608. The molecule has 6 nitrogen and oxygen atoms in total. The molecule has 1 unspecified atom stereocenters. The minimum atomic E-state index is -0.659. The summed E-state index contributed by atoms with van der Waals surface area (Å²) >= 11 is 0. The molecule has 0 aromatic heterocycles. The topological polar surface area (TPSA) is 81.5 Å². The van der Waals surface area contributed by atoms with Gasteiger partial charge in [0.2, 0.25) is 0 Å². The Morgan fingerprint density at radius 2 is 2.04 bits per heavy atom. The van der Waals surface area contributed by atoms with Crippen molar-refractivity contribution >= 4 is 17.5 Å². The first kappa shape index (κ1) is 18.9. The first-order chi connectivity index (χ1) is 10.8. The van der Waals surface area contributed by atoms with Crippen molar-refractivity contribution in [2.75, 3.05) is 5.32 Å². The number of para-hydroxylation sites is 2. The van der Waals surface area contributed by atoms with Crippen LogP contribution >= 0.6 is 0 Å². The number of ether oxygens (including phenoxy) is 1. The molecule has 1 aromatic rings. The van der Waals surface area contributed by atoms with Gasteiger partial charge in [0.15, 0.2) is 0 Å². The second-order valence-electron chi connectivity index (χ2n) is 6.38. The van der Waals surface area contributed by atoms with Gasteiger partial charge in [-0.2, -0.15) is 0 Å². The Balaban J connectivity index is 2.68. The summed E-state index contributed by atoms with van der Waals surface area (Å²) in [7, 11) is 0. The normalized spacial score (nSPS) is 13.4. The number of amides is 1. The summed E-state index contributed by atoms with van der Waals surface area (Å²) in [6.45, 7) is 8.18. The van der Waals surface area contributed by atoms with E-state index in [0.717, 1.165) is 19.3 Å². The Hall–Kier alpha value is -2.11. The van der Waals surface area contributed by atoms with E-state index in [2.05, 4.69) is 19.2 Å². The lowest BCUT2D eigenvalue weighted by Crippen LogP contribution is -2.33. The lowest BCUT2D eigenvalue weighted by molar-refractivity contribution is -0.383. The Kier molecular flexibility index (Phi) is 7.00. The van der Waals surface area contributed by atoms with Crippen LogP contribution in [0.3, 0.4) is 0 Å². The quantitative estimate of drug-likeness (QED) is 0.531. The monoisotopic (exact) mass is 322 g/mol. The van der Waals surface area contributed by atoms with Crippen molar-refractivity contribution < 1.29 is 14.5 Å². The van der Waals surface area contributed by atoms with E-state index < -0.39 is 16.6 Å². The molecule has 0 saturated heterocycles. The van der Waals surface area contributed by atoms with Crippen LogP contribution in [0.1, 0.15) is 53.4 Å². The molecule has 0 saturated carbocycles. The number of rotatable bonds is 8. The van der Waals surface area contributed by atoms with Crippen molar-refractivity contribution in [3.05, 3.63) is 34.4 Å². The van der Waals surface area contributed by atoms with Gasteiger partial charge in [0.1, 0.15) is 11.3 Å². The predicted octanol–water partition coefficient (Wildman–Crippen LogP) is 5.14. The Morgan fingerprint density at radius 3 is 2.61 bits per heavy atom. The fourth-order valence-electron chi connectivity index (χ4n) is 2.28. The molecule has 0 aliphatic heterocycles. The Bertz CT molecular complexity index is 545. The smallest absolute Gasteiger partial charge is 0.412 e. The van der Waals surface area contributed by atoms with Gasteiger partial charge in [0, 0.05) is 6.07 Å². The van der Waals surface area contributed by atoms with Crippen LogP contribution in [-0.4, -0.2) is 16.6 Å². The minimum Gasteiger partial charge on any atom is -0.443 e. The molecule has 0 radical (unpaired) electrons. The number of carbonyl (C=O) groups excluding carboxylic acids is 1.